The molecule has 2 aromatic rings. The molecule has 0 unspecified atom stereocenters. The molecule has 0 saturated carbocycles. The predicted molar refractivity (Wildman–Crippen MR) is 120 cm³/mol. The number of carbonyl (C=O) groups excluding carboxylic acids is 1. The Morgan fingerprint density at radius 1 is 1.19 bits per heavy atom. The first-order chi connectivity index (χ1) is 12.6. The second-order valence-electron chi connectivity index (χ2n) is 6.04. The average molecular weight is 541 g/mol. The molecule has 2 aromatic carbocycles. The second kappa shape index (κ2) is 9.45. The zero-order valence-electron chi connectivity index (χ0n) is 14.8. The van der Waals surface area contributed by atoms with E-state index in [1.165, 1.54) is 10.4 Å². The second-order valence-corrected chi connectivity index (χ2v) is 10.0. The average Bonchev–Trinajstić information content (AvgIpc) is 2.56. The van der Waals surface area contributed by atoms with Crippen LogP contribution >= 0.6 is 45.8 Å². The minimum atomic E-state index is -3.57. The van der Waals surface area contributed by atoms with Crippen molar-refractivity contribution in [3.05, 3.63) is 55.6 Å². The van der Waals surface area contributed by atoms with Gasteiger partial charge in [0, 0.05) is 27.2 Å². The fourth-order valence-corrected chi connectivity index (χ4v) is 4.56. The molecule has 0 aliphatic rings. The number of nitrogens with zero attached hydrogens (tertiary/aromatic N) is 1. The third-order valence-corrected chi connectivity index (χ3v) is 6.21. The van der Waals surface area contributed by atoms with Crippen molar-refractivity contribution in [1.82, 2.24) is 0 Å². The Morgan fingerprint density at radius 3 is 2.52 bits per heavy atom. The van der Waals surface area contributed by atoms with E-state index in [2.05, 4.69) is 27.9 Å². The molecule has 0 heterocycles. The highest BCUT2D eigenvalue weighted by molar-refractivity contribution is 14.1. The summed E-state index contributed by atoms with van der Waals surface area (Å²) < 4.78 is 26.6. The van der Waals surface area contributed by atoms with Gasteiger partial charge in [-0.3, -0.25) is 9.10 Å². The molecule has 5 nitrogen and oxygen atoms in total. The standard InChI is InChI=1S/C18H19Cl2IN2O3S/c1-12-10-14(21)6-8-16(12)22-18(24)4-3-9-23(27(2,25)26)17-11-13(19)5-7-15(17)20/h5-8,10-11H,3-4,9H2,1-2H3,(H,22,24). The van der Waals surface area contributed by atoms with Crippen LogP contribution in [0.5, 0.6) is 0 Å². The van der Waals surface area contributed by atoms with E-state index in [9.17, 15) is 13.2 Å². The molecule has 0 aliphatic heterocycles. The molecular weight excluding hydrogens is 522 g/mol. The molecule has 0 aromatic heterocycles. The van der Waals surface area contributed by atoms with Crippen LogP contribution in [0.3, 0.4) is 0 Å². The number of sulfonamides is 1. The van der Waals surface area contributed by atoms with Gasteiger partial charge in [0.05, 0.1) is 17.0 Å². The summed E-state index contributed by atoms with van der Waals surface area (Å²) in [5.74, 6) is -0.176. The fraction of sp³-hybridized carbons (Fsp3) is 0.278. The van der Waals surface area contributed by atoms with Crippen LogP contribution in [0.4, 0.5) is 11.4 Å². The van der Waals surface area contributed by atoms with Gasteiger partial charge in [-0.25, -0.2) is 8.42 Å². The van der Waals surface area contributed by atoms with Crippen LogP contribution in [-0.2, 0) is 14.8 Å². The van der Waals surface area contributed by atoms with Crippen molar-refractivity contribution in [2.24, 2.45) is 0 Å². The lowest BCUT2D eigenvalue weighted by Gasteiger charge is -2.23. The lowest BCUT2D eigenvalue weighted by Crippen LogP contribution is -2.31. The third kappa shape index (κ3) is 6.51. The van der Waals surface area contributed by atoms with Crippen molar-refractivity contribution < 1.29 is 13.2 Å². The number of nitrogens with one attached hydrogen (secondary N) is 1. The molecule has 0 radical (unpaired) electrons. The van der Waals surface area contributed by atoms with Crippen molar-refractivity contribution in [1.29, 1.82) is 0 Å². The maximum atomic E-state index is 12.2. The largest absolute Gasteiger partial charge is 0.326 e. The molecule has 0 atom stereocenters. The van der Waals surface area contributed by atoms with Gasteiger partial charge in [-0.1, -0.05) is 23.2 Å². The summed E-state index contributed by atoms with van der Waals surface area (Å²) in [7, 11) is -3.57. The summed E-state index contributed by atoms with van der Waals surface area (Å²) in [4.78, 5) is 12.2. The molecule has 9 heteroatoms. The smallest absolute Gasteiger partial charge is 0.232 e. The fourth-order valence-electron chi connectivity index (χ4n) is 2.51. The summed E-state index contributed by atoms with van der Waals surface area (Å²) >= 11 is 14.3. The van der Waals surface area contributed by atoms with E-state index in [1.54, 1.807) is 12.1 Å². The van der Waals surface area contributed by atoms with Crippen molar-refractivity contribution in [2.75, 3.05) is 22.4 Å². The van der Waals surface area contributed by atoms with E-state index in [0.717, 1.165) is 21.1 Å². The Labute approximate surface area is 183 Å². The first kappa shape index (κ1) is 22.3. The molecule has 1 amide bonds. The summed E-state index contributed by atoms with van der Waals surface area (Å²) in [5.41, 5.74) is 2.03. The maximum Gasteiger partial charge on any atom is 0.232 e. The van der Waals surface area contributed by atoms with Crippen LogP contribution in [0.25, 0.3) is 0 Å². The zero-order chi connectivity index (χ0) is 20.2. The number of hydrogen-bond acceptors (Lipinski definition) is 3. The highest BCUT2D eigenvalue weighted by Gasteiger charge is 2.20. The molecule has 0 aliphatic carbocycles. The van der Waals surface area contributed by atoms with Crippen LogP contribution in [0, 0.1) is 10.5 Å². The Balaban J connectivity index is 2.03. The number of benzene rings is 2. The number of rotatable bonds is 7. The van der Waals surface area contributed by atoms with Crippen LogP contribution in [0.2, 0.25) is 10.0 Å². The van der Waals surface area contributed by atoms with Crippen LogP contribution in [0.1, 0.15) is 18.4 Å². The number of amides is 1. The van der Waals surface area contributed by atoms with Gasteiger partial charge in [-0.05, 0) is 77.9 Å². The highest BCUT2D eigenvalue weighted by Crippen LogP contribution is 2.31. The summed E-state index contributed by atoms with van der Waals surface area (Å²) in [6.07, 6.45) is 1.61. The molecule has 0 fully saturated rings. The normalized spacial score (nSPS) is 11.3. The van der Waals surface area contributed by atoms with Crippen molar-refractivity contribution >= 4 is 73.1 Å². The number of anilines is 2. The molecule has 0 bridgehead atoms. The Hall–Kier alpha value is -1.03. The predicted octanol–water partition coefficient (Wildman–Crippen LogP) is 5.09. The summed E-state index contributed by atoms with van der Waals surface area (Å²) in [5, 5.41) is 3.52. The Morgan fingerprint density at radius 2 is 1.89 bits per heavy atom. The zero-order valence-corrected chi connectivity index (χ0v) is 19.3. The Bertz CT molecular complexity index is 952. The van der Waals surface area contributed by atoms with E-state index in [4.69, 9.17) is 23.2 Å². The number of halogens is 3. The van der Waals surface area contributed by atoms with E-state index in [-0.39, 0.29) is 23.9 Å². The molecule has 1 N–H and O–H groups in total. The van der Waals surface area contributed by atoms with E-state index >= 15 is 0 Å². The van der Waals surface area contributed by atoms with Gasteiger partial charge < -0.3 is 5.32 Å². The van der Waals surface area contributed by atoms with Gasteiger partial charge in [0.1, 0.15) is 0 Å². The van der Waals surface area contributed by atoms with Crippen molar-refractivity contribution in [3.8, 4) is 0 Å². The SMILES string of the molecule is Cc1cc(I)ccc1NC(=O)CCCN(c1cc(Cl)ccc1Cl)S(C)(=O)=O. The number of hydrogen-bond donors (Lipinski definition) is 1. The van der Waals surface area contributed by atoms with E-state index < -0.39 is 10.0 Å². The minimum absolute atomic E-state index is 0.123. The Kier molecular flexibility index (Phi) is 7.79. The molecule has 0 saturated heterocycles. The molecule has 2 rings (SSSR count). The quantitative estimate of drug-likeness (QED) is 0.497. The van der Waals surface area contributed by atoms with E-state index in [1.807, 2.05) is 25.1 Å². The van der Waals surface area contributed by atoms with Gasteiger partial charge in [0.25, 0.3) is 0 Å². The van der Waals surface area contributed by atoms with Crippen LogP contribution in [-0.4, -0.2) is 27.1 Å². The molecule has 27 heavy (non-hydrogen) atoms. The summed E-state index contributed by atoms with van der Waals surface area (Å²) in [6.45, 7) is 2.04. The van der Waals surface area contributed by atoms with Gasteiger partial charge in [-0.2, -0.15) is 0 Å². The van der Waals surface area contributed by atoms with E-state index in [0.29, 0.717) is 17.1 Å². The highest BCUT2D eigenvalue weighted by atomic mass is 127. The first-order valence-corrected chi connectivity index (χ1v) is 11.7. The summed E-state index contributed by atoms with van der Waals surface area (Å²) in [6, 6.07) is 10.4. The van der Waals surface area contributed by atoms with Gasteiger partial charge in [0.2, 0.25) is 15.9 Å². The third-order valence-electron chi connectivity index (χ3n) is 3.80. The first-order valence-electron chi connectivity index (χ1n) is 8.06. The van der Waals surface area contributed by atoms with Crippen LogP contribution < -0.4 is 9.62 Å². The van der Waals surface area contributed by atoms with Crippen LogP contribution in [0.15, 0.2) is 36.4 Å². The maximum absolute atomic E-state index is 12.2. The van der Waals surface area contributed by atoms with Gasteiger partial charge in [0.15, 0.2) is 0 Å². The van der Waals surface area contributed by atoms with Gasteiger partial charge in [-0.15, -0.1) is 0 Å². The number of aryl methyl sites for hydroxylation is 1. The van der Waals surface area contributed by atoms with Gasteiger partial charge >= 0.3 is 0 Å². The monoisotopic (exact) mass is 540 g/mol. The minimum Gasteiger partial charge on any atom is -0.326 e. The lowest BCUT2D eigenvalue weighted by atomic mass is 10.2. The van der Waals surface area contributed by atoms with Crippen molar-refractivity contribution in [3.63, 3.8) is 0 Å². The number of carbonyl (C=O) groups is 1. The topological polar surface area (TPSA) is 66.5 Å². The van der Waals surface area contributed by atoms with Crippen molar-refractivity contribution in [2.45, 2.75) is 19.8 Å². The molecule has 0 spiro atoms. The molecular formula is C18H19Cl2IN2O3S. The lowest BCUT2D eigenvalue weighted by molar-refractivity contribution is -0.116. The molecule has 146 valence electrons.